The smallest absolute Gasteiger partial charge is 0.316 e. The lowest BCUT2D eigenvalue weighted by atomic mass is 10.1. The number of rotatable bonds is 3. The second kappa shape index (κ2) is 8.35. The summed E-state index contributed by atoms with van der Waals surface area (Å²) in [5, 5.41) is -0.839. The first kappa shape index (κ1) is 23.1. The number of thioether (sulfide) groups is 1. The number of alkyl halides is 3. The highest BCUT2D eigenvalue weighted by Gasteiger charge is 2.49. The average molecular weight is 507 g/mol. The van der Waals surface area contributed by atoms with Crippen molar-refractivity contribution in [2.45, 2.75) is 23.9 Å². The van der Waals surface area contributed by atoms with Crippen LogP contribution in [0.1, 0.15) is 11.1 Å². The maximum atomic E-state index is 13.4. The number of anilines is 1. The molecule has 2 fully saturated rings. The highest BCUT2D eigenvalue weighted by atomic mass is 35.5. The molecular weight excluding hydrogens is 492 g/mol. The molecule has 0 spiro atoms. The number of amidine groups is 1. The molecule has 32 heavy (non-hydrogen) atoms. The van der Waals surface area contributed by atoms with Crippen LogP contribution in [0.5, 0.6) is 0 Å². The van der Waals surface area contributed by atoms with E-state index in [1.54, 1.807) is 0 Å². The number of aliphatic imine (C=N–C) groups is 1. The van der Waals surface area contributed by atoms with Crippen molar-refractivity contribution in [3.63, 3.8) is 0 Å². The van der Waals surface area contributed by atoms with Crippen molar-refractivity contribution < 1.29 is 30.8 Å². The lowest BCUT2D eigenvalue weighted by Crippen LogP contribution is -2.38. The Labute approximate surface area is 190 Å². The molecule has 0 saturated carbocycles. The number of benzene rings is 2. The largest absolute Gasteiger partial charge is 0.417 e. The van der Waals surface area contributed by atoms with E-state index in [0.29, 0.717) is 5.56 Å². The molecule has 2 aromatic rings. The molecule has 0 N–H and O–H groups in total. The van der Waals surface area contributed by atoms with Crippen LogP contribution < -0.4 is 4.90 Å². The average Bonchev–Trinajstić information content (AvgIpc) is 3.14. The summed E-state index contributed by atoms with van der Waals surface area (Å²) in [5.41, 5.74) is -0.501. The molecule has 0 aliphatic carbocycles. The maximum absolute atomic E-state index is 13.4. The summed E-state index contributed by atoms with van der Waals surface area (Å²) in [5.74, 6) is -1.47. The lowest BCUT2D eigenvalue weighted by Gasteiger charge is -2.25. The van der Waals surface area contributed by atoms with Crippen molar-refractivity contribution in [3.8, 4) is 0 Å². The first-order valence-corrected chi connectivity index (χ1v) is 12.4. The SMILES string of the molecule is O=C(Cc1ccc(F)cc1)N=C1S[C@H]2CS(=O)(=O)C[C@@H]2N1c1ccc(Cl)c(C(F)(F)F)c1. The van der Waals surface area contributed by atoms with Gasteiger partial charge in [-0.15, -0.1) is 0 Å². The summed E-state index contributed by atoms with van der Waals surface area (Å²) in [6, 6.07) is 7.86. The van der Waals surface area contributed by atoms with Gasteiger partial charge in [-0.05, 0) is 35.9 Å². The summed E-state index contributed by atoms with van der Waals surface area (Å²) in [4.78, 5) is 17.9. The molecule has 2 atom stereocenters. The number of halogens is 5. The van der Waals surface area contributed by atoms with Gasteiger partial charge in [-0.1, -0.05) is 35.5 Å². The summed E-state index contributed by atoms with van der Waals surface area (Å²) in [6.45, 7) is 0. The zero-order chi connectivity index (χ0) is 23.3. The summed E-state index contributed by atoms with van der Waals surface area (Å²) in [6.07, 6.45) is -4.85. The van der Waals surface area contributed by atoms with E-state index >= 15 is 0 Å². The van der Waals surface area contributed by atoms with E-state index in [2.05, 4.69) is 4.99 Å². The maximum Gasteiger partial charge on any atom is 0.417 e. The fourth-order valence-electron chi connectivity index (χ4n) is 3.67. The Balaban J connectivity index is 1.70. The van der Waals surface area contributed by atoms with E-state index in [0.717, 1.165) is 23.9 Å². The number of hydrogen-bond donors (Lipinski definition) is 0. The molecule has 0 bridgehead atoms. The third kappa shape index (κ3) is 4.79. The van der Waals surface area contributed by atoms with Crippen LogP contribution in [-0.4, -0.2) is 42.3 Å². The van der Waals surface area contributed by atoms with Gasteiger partial charge in [0.2, 0.25) is 0 Å². The minimum atomic E-state index is -4.71. The van der Waals surface area contributed by atoms with Crippen LogP contribution in [0.2, 0.25) is 5.02 Å². The quantitative estimate of drug-likeness (QED) is 0.579. The number of amides is 1. The molecule has 5 nitrogen and oxygen atoms in total. The Morgan fingerprint density at radius 3 is 2.50 bits per heavy atom. The monoisotopic (exact) mass is 506 g/mol. The highest BCUT2D eigenvalue weighted by molar-refractivity contribution is 8.16. The predicted octanol–water partition coefficient (Wildman–Crippen LogP) is 4.34. The first-order valence-electron chi connectivity index (χ1n) is 9.32. The summed E-state index contributed by atoms with van der Waals surface area (Å²) >= 11 is 6.76. The van der Waals surface area contributed by atoms with E-state index < -0.39 is 49.6 Å². The van der Waals surface area contributed by atoms with Gasteiger partial charge in [0.1, 0.15) is 5.82 Å². The van der Waals surface area contributed by atoms with Crippen molar-refractivity contribution in [2.24, 2.45) is 4.99 Å². The summed E-state index contributed by atoms with van der Waals surface area (Å²) in [7, 11) is -3.38. The third-order valence-corrected chi connectivity index (χ3v) is 8.63. The second-order valence-corrected chi connectivity index (χ2v) is 11.2. The molecule has 2 heterocycles. The molecule has 0 unspecified atom stereocenters. The second-order valence-electron chi connectivity index (χ2n) is 7.42. The third-order valence-electron chi connectivity index (χ3n) is 5.09. The van der Waals surface area contributed by atoms with Crippen molar-refractivity contribution in [3.05, 3.63) is 64.4 Å². The molecule has 2 aromatic carbocycles. The van der Waals surface area contributed by atoms with E-state index in [4.69, 9.17) is 11.6 Å². The van der Waals surface area contributed by atoms with Crippen molar-refractivity contribution in [1.29, 1.82) is 0 Å². The summed E-state index contributed by atoms with van der Waals surface area (Å²) < 4.78 is 77.4. The van der Waals surface area contributed by atoms with Gasteiger partial charge < -0.3 is 4.90 Å². The topological polar surface area (TPSA) is 66.8 Å². The van der Waals surface area contributed by atoms with Gasteiger partial charge in [0.25, 0.3) is 5.91 Å². The van der Waals surface area contributed by atoms with Crippen LogP contribution in [-0.2, 0) is 27.2 Å². The van der Waals surface area contributed by atoms with Crippen LogP contribution >= 0.6 is 23.4 Å². The van der Waals surface area contributed by atoms with E-state index in [9.17, 15) is 30.8 Å². The molecule has 2 aliphatic heterocycles. The standard InChI is InChI=1S/C20H15ClF4N2O3S2/c21-15-6-5-13(8-14(15)20(23,24)25)27-16-9-32(29,30)10-17(16)31-19(27)26-18(28)7-11-1-3-12(22)4-2-11/h1-6,8,16-17H,7,9-10H2/t16-,17-/m0/s1. The number of hydrogen-bond acceptors (Lipinski definition) is 4. The van der Waals surface area contributed by atoms with E-state index in [1.165, 1.54) is 35.2 Å². The van der Waals surface area contributed by atoms with E-state index in [1.807, 2.05) is 0 Å². The van der Waals surface area contributed by atoms with Gasteiger partial charge in [-0.3, -0.25) is 4.79 Å². The molecule has 2 saturated heterocycles. The van der Waals surface area contributed by atoms with Gasteiger partial charge in [-0.2, -0.15) is 18.2 Å². The molecule has 1 amide bonds. The van der Waals surface area contributed by atoms with Crippen LogP contribution in [0.3, 0.4) is 0 Å². The van der Waals surface area contributed by atoms with Gasteiger partial charge in [-0.25, -0.2) is 12.8 Å². The molecule has 170 valence electrons. The van der Waals surface area contributed by atoms with Crippen LogP contribution in [0.15, 0.2) is 47.5 Å². The van der Waals surface area contributed by atoms with Crippen LogP contribution in [0.4, 0.5) is 23.2 Å². The number of fused-ring (bicyclic) bond motifs is 1. The molecule has 12 heteroatoms. The zero-order valence-corrected chi connectivity index (χ0v) is 18.5. The number of carbonyl (C=O) groups excluding carboxylic acids is 1. The lowest BCUT2D eigenvalue weighted by molar-refractivity contribution is -0.137. The van der Waals surface area contributed by atoms with Gasteiger partial charge in [0, 0.05) is 10.9 Å². The first-order chi connectivity index (χ1) is 14.9. The fourth-order valence-corrected chi connectivity index (χ4v) is 7.83. The molecule has 2 aliphatic rings. The zero-order valence-electron chi connectivity index (χ0n) is 16.1. The normalized spacial score (nSPS) is 23.5. The Bertz CT molecular complexity index is 1200. The Morgan fingerprint density at radius 1 is 1.16 bits per heavy atom. The molecule has 0 radical (unpaired) electrons. The number of sulfone groups is 1. The van der Waals surface area contributed by atoms with Crippen molar-refractivity contribution >= 4 is 50.0 Å². The number of nitrogens with zero attached hydrogens (tertiary/aromatic N) is 2. The predicted molar refractivity (Wildman–Crippen MR) is 115 cm³/mol. The van der Waals surface area contributed by atoms with Gasteiger partial charge in [0.15, 0.2) is 15.0 Å². The van der Waals surface area contributed by atoms with E-state index in [-0.39, 0.29) is 28.8 Å². The van der Waals surface area contributed by atoms with Gasteiger partial charge >= 0.3 is 6.18 Å². The highest BCUT2D eigenvalue weighted by Crippen LogP contribution is 2.43. The van der Waals surface area contributed by atoms with Crippen molar-refractivity contribution in [1.82, 2.24) is 0 Å². The van der Waals surface area contributed by atoms with Gasteiger partial charge in [0.05, 0.1) is 34.6 Å². The molecular formula is C20H15ClF4N2O3S2. The Hall–Kier alpha value is -2.11. The molecule has 0 aromatic heterocycles. The van der Waals surface area contributed by atoms with Crippen LogP contribution in [0.25, 0.3) is 0 Å². The number of carbonyl (C=O) groups is 1. The van der Waals surface area contributed by atoms with Crippen molar-refractivity contribution in [2.75, 3.05) is 16.4 Å². The Morgan fingerprint density at radius 2 is 1.84 bits per heavy atom. The van der Waals surface area contributed by atoms with Crippen LogP contribution in [0, 0.1) is 5.82 Å². The Kier molecular flexibility index (Phi) is 6.01. The molecule has 4 rings (SSSR count). The minimum Gasteiger partial charge on any atom is -0.316 e. The fraction of sp³-hybridized carbons (Fsp3) is 0.300. The minimum absolute atomic E-state index is 0.0483.